The maximum absolute atomic E-state index is 13.6. The van der Waals surface area contributed by atoms with E-state index in [4.69, 9.17) is 9.84 Å². The molecule has 6 heteroatoms. The number of carboxylic acids is 1. The number of benzene rings is 1. The average Bonchev–Trinajstić information content (AvgIpc) is 2.59. The summed E-state index contributed by atoms with van der Waals surface area (Å²) >= 11 is 0. The number of hydrogen-bond acceptors (Lipinski definition) is 3. The number of aryl methyl sites for hydroxylation is 3. The molecule has 2 aromatic rings. The van der Waals surface area contributed by atoms with Crippen molar-refractivity contribution in [3.63, 3.8) is 0 Å². The highest BCUT2D eigenvalue weighted by molar-refractivity contribution is 5.91. The molecule has 100 valence electrons. The summed E-state index contributed by atoms with van der Waals surface area (Å²) in [4.78, 5) is 11.2. The number of nitrogens with zero attached hydrogens (tertiary/aromatic N) is 2. The van der Waals surface area contributed by atoms with Crippen LogP contribution in [0.15, 0.2) is 18.2 Å². The molecule has 0 fully saturated rings. The third-order valence-corrected chi connectivity index (χ3v) is 2.68. The summed E-state index contributed by atoms with van der Waals surface area (Å²) in [5, 5.41) is 13.1. The number of rotatable bonds is 3. The highest BCUT2D eigenvalue weighted by atomic mass is 19.1. The molecule has 5 nitrogen and oxygen atoms in total. The lowest BCUT2D eigenvalue weighted by Gasteiger charge is -2.08. The number of ether oxygens (including phenoxy) is 1. The third kappa shape index (κ3) is 2.42. The Labute approximate surface area is 109 Å². The Balaban J connectivity index is 2.49. The zero-order chi connectivity index (χ0) is 14.2. The van der Waals surface area contributed by atoms with Gasteiger partial charge in [0.25, 0.3) is 0 Å². The number of hydrogen-bond donors (Lipinski definition) is 1. The van der Waals surface area contributed by atoms with Gasteiger partial charge in [0, 0.05) is 7.05 Å². The zero-order valence-electron chi connectivity index (χ0n) is 10.8. The lowest BCUT2D eigenvalue weighted by atomic mass is 10.2. The molecule has 0 saturated carbocycles. The monoisotopic (exact) mass is 264 g/mol. The van der Waals surface area contributed by atoms with E-state index in [0.29, 0.717) is 5.69 Å². The van der Waals surface area contributed by atoms with Crippen molar-refractivity contribution in [1.29, 1.82) is 0 Å². The van der Waals surface area contributed by atoms with Crippen LogP contribution in [0.25, 0.3) is 0 Å². The average molecular weight is 264 g/mol. The maximum Gasteiger partial charge on any atom is 0.343 e. The Kier molecular flexibility index (Phi) is 3.25. The van der Waals surface area contributed by atoms with Crippen molar-refractivity contribution in [3.05, 3.63) is 40.8 Å². The molecule has 0 atom stereocenters. The summed E-state index contributed by atoms with van der Waals surface area (Å²) in [6, 6.07) is 4.38. The van der Waals surface area contributed by atoms with Gasteiger partial charge in [-0.25, -0.2) is 13.9 Å². The summed E-state index contributed by atoms with van der Waals surface area (Å²) in [5.41, 5.74) is 1.06. The molecule has 2 rings (SSSR count). The molecule has 0 spiro atoms. The van der Waals surface area contributed by atoms with Crippen molar-refractivity contribution >= 4 is 5.97 Å². The molecule has 0 radical (unpaired) electrons. The van der Waals surface area contributed by atoms with E-state index in [-0.39, 0.29) is 17.2 Å². The first kappa shape index (κ1) is 13.1. The first-order chi connectivity index (χ1) is 8.90. The molecule has 19 heavy (non-hydrogen) atoms. The van der Waals surface area contributed by atoms with E-state index >= 15 is 0 Å². The molecule has 0 aliphatic rings. The van der Waals surface area contributed by atoms with E-state index in [1.165, 1.54) is 16.8 Å². The minimum Gasteiger partial charge on any atom is -0.477 e. The van der Waals surface area contributed by atoms with Crippen LogP contribution in [0.4, 0.5) is 4.39 Å². The normalized spacial score (nSPS) is 10.5. The van der Waals surface area contributed by atoms with Crippen molar-refractivity contribution in [2.45, 2.75) is 13.8 Å². The number of carboxylic acid groups (broad SMARTS) is 1. The maximum atomic E-state index is 13.6. The van der Waals surface area contributed by atoms with Gasteiger partial charge in [0.15, 0.2) is 11.6 Å². The van der Waals surface area contributed by atoms with Gasteiger partial charge in [-0.05, 0) is 31.5 Å². The van der Waals surface area contributed by atoms with Gasteiger partial charge in [0.2, 0.25) is 5.88 Å². The van der Waals surface area contributed by atoms with E-state index in [0.717, 1.165) is 5.56 Å². The Bertz CT molecular complexity index is 650. The molecule has 1 heterocycles. The van der Waals surface area contributed by atoms with Crippen LogP contribution in [0.5, 0.6) is 11.6 Å². The molecule has 1 N–H and O–H groups in total. The quantitative estimate of drug-likeness (QED) is 0.925. The predicted molar refractivity (Wildman–Crippen MR) is 66.1 cm³/mol. The second-order valence-electron chi connectivity index (χ2n) is 4.23. The molecule has 0 aliphatic carbocycles. The van der Waals surface area contributed by atoms with Crippen LogP contribution in [0.2, 0.25) is 0 Å². The van der Waals surface area contributed by atoms with Crippen LogP contribution >= 0.6 is 0 Å². The smallest absolute Gasteiger partial charge is 0.343 e. The van der Waals surface area contributed by atoms with Crippen LogP contribution in [-0.2, 0) is 7.05 Å². The van der Waals surface area contributed by atoms with E-state index < -0.39 is 11.8 Å². The number of carbonyl (C=O) groups is 1. The standard InChI is InChI=1S/C13H13FN2O3/c1-7-4-5-9(14)10(6-7)19-12-11(13(17)18)8(2)15-16(12)3/h4-6H,1-3H3,(H,17,18). The predicted octanol–water partition coefficient (Wildman–Crippen LogP) is 2.67. The number of halogens is 1. The van der Waals surface area contributed by atoms with Crippen molar-refractivity contribution in [1.82, 2.24) is 9.78 Å². The Hall–Kier alpha value is -2.37. The van der Waals surface area contributed by atoms with Gasteiger partial charge < -0.3 is 9.84 Å². The SMILES string of the molecule is Cc1ccc(F)c(Oc2c(C(=O)O)c(C)nn2C)c1. The van der Waals surface area contributed by atoms with Crippen LogP contribution in [0.3, 0.4) is 0 Å². The second kappa shape index (κ2) is 4.72. The van der Waals surface area contributed by atoms with E-state index in [2.05, 4.69) is 5.10 Å². The topological polar surface area (TPSA) is 64.3 Å². The van der Waals surface area contributed by atoms with Gasteiger partial charge in [0.05, 0.1) is 5.69 Å². The highest BCUT2D eigenvalue weighted by Crippen LogP contribution is 2.29. The van der Waals surface area contributed by atoms with Crippen LogP contribution in [0.1, 0.15) is 21.6 Å². The Morgan fingerprint density at radius 1 is 1.42 bits per heavy atom. The fourth-order valence-corrected chi connectivity index (χ4v) is 1.79. The fourth-order valence-electron chi connectivity index (χ4n) is 1.79. The summed E-state index contributed by atoms with van der Waals surface area (Å²) in [6.45, 7) is 3.35. The number of aromatic carboxylic acids is 1. The summed E-state index contributed by atoms with van der Waals surface area (Å²) < 4.78 is 20.3. The first-order valence-corrected chi connectivity index (χ1v) is 5.61. The largest absolute Gasteiger partial charge is 0.477 e. The molecule has 0 aliphatic heterocycles. The van der Waals surface area contributed by atoms with E-state index in [1.54, 1.807) is 27.0 Å². The van der Waals surface area contributed by atoms with Gasteiger partial charge >= 0.3 is 5.97 Å². The fraction of sp³-hybridized carbons (Fsp3) is 0.231. The van der Waals surface area contributed by atoms with Gasteiger partial charge in [-0.2, -0.15) is 5.10 Å². The van der Waals surface area contributed by atoms with Crippen molar-refractivity contribution in [3.8, 4) is 11.6 Å². The molecule has 0 saturated heterocycles. The molecular weight excluding hydrogens is 251 g/mol. The van der Waals surface area contributed by atoms with Gasteiger partial charge in [-0.1, -0.05) is 6.07 Å². The molecule has 1 aromatic heterocycles. The third-order valence-electron chi connectivity index (χ3n) is 2.68. The highest BCUT2D eigenvalue weighted by Gasteiger charge is 2.22. The van der Waals surface area contributed by atoms with Gasteiger partial charge in [0.1, 0.15) is 5.56 Å². The lowest BCUT2D eigenvalue weighted by molar-refractivity contribution is 0.0693. The molecule has 0 bridgehead atoms. The van der Waals surface area contributed by atoms with Crippen LogP contribution in [0, 0.1) is 19.7 Å². The second-order valence-corrected chi connectivity index (χ2v) is 4.23. The minimum absolute atomic E-state index is 0.00880. The zero-order valence-corrected chi connectivity index (χ0v) is 10.8. The van der Waals surface area contributed by atoms with Gasteiger partial charge in [-0.3, -0.25) is 0 Å². The first-order valence-electron chi connectivity index (χ1n) is 5.61. The van der Waals surface area contributed by atoms with E-state index in [9.17, 15) is 9.18 Å². The van der Waals surface area contributed by atoms with Crippen molar-refractivity contribution in [2.24, 2.45) is 7.05 Å². The summed E-state index contributed by atoms with van der Waals surface area (Å²) in [6.07, 6.45) is 0. The molecule has 0 amide bonds. The Morgan fingerprint density at radius 2 is 2.11 bits per heavy atom. The van der Waals surface area contributed by atoms with Crippen molar-refractivity contribution < 1.29 is 19.0 Å². The minimum atomic E-state index is -1.16. The van der Waals surface area contributed by atoms with Crippen molar-refractivity contribution in [2.75, 3.05) is 0 Å². The lowest BCUT2D eigenvalue weighted by Crippen LogP contribution is -2.02. The van der Waals surface area contributed by atoms with Crippen LogP contribution < -0.4 is 4.74 Å². The van der Waals surface area contributed by atoms with E-state index in [1.807, 2.05) is 0 Å². The Morgan fingerprint density at radius 3 is 2.74 bits per heavy atom. The summed E-state index contributed by atoms with van der Waals surface area (Å²) in [5.74, 6) is -1.73. The number of aromatic nitrogens is 2. The molecule has 0 unspecified atom stereocenters. The summed E-state index contributed by atoms with van der Waals surface area (Å²) in [7, 11) is 1.54. The van der Waals surface area contributed by atoms with Gasteiger partial charge in [-0.15, -0.1) is 0 Å². The molecular formula is C13H13FN2O3. The van der Waals surface area contributed by atoms with Crippen LogP contribution in [-0.4, -0.2) is 20.9 Å². The molecule has 1 aromatic carbocycles.